The number of phenols is 1. The van der Waals surface area contributed by atoms with Crippen molar-refractivity contribution < 1.29 is 9.84 Å². The van der Waals surface area contributed by atoms with Crippen LogP contribution in [0.15, 0.2) is 85.3 Å². The third kappa shape index (κ3) is 4.09. The molecule has 0 unspecified atom stereocenters. The second kappa shape index (κ2) is 8.13. The Hall–Kier alpha value is -3.83. The Morgan fingerprint density at radius 2 is 1.71 bits per heavy atom. The fourth-order valence-electron chi connectivity index (χ4n) is 3.39. The van der Waals surface area contributed by atoms with Gasteiger partial charge in [0.25, 0.3) is 0 Å². The first-order chi connectivity index (χ1) is 15.2. The van der Waals surface area contributed by atoms with E-state index in [9.17, 15) is 5.11 Å². The van der Waals surface area contributed by atoms with Crippen molar-refractivity contribution in [2.45, 2.75) is 0 Å². The topological polar surface area (TPSA) is 47.3 Å². The molecule has 0 fully saturated rings. The standard InChI is InChI=1S/C26H20N2O2S/c1-28-16-20(27-17-28)11-6-18-7-14-22(15-8-18)30-25-23-4-2-3-5-24(23)31-26(25)19-9-12-21(29)13-10-19/h2-17,29H,1H3/b11-6+. The Morgan fingerprint density at radius 3 is 2.45 bits per heavy atom. The van der Waals surface area contributed by atoms with Gasteiger partial charge in [0.15, 0.2) is 5.75 Å². The van der Waals surface area contributed by atoms with E-state index in [1.807, 2.05) is 78.5 Å². The molecule has 0 bridgehead atoms. The van der Waals surface area contributed by atoms with E-state index in [1.54, 1.807) is 29.8 Å². The van der Waals surface area contributed by atoms with E-state index in [4.69, 9.17) is 4.74 Å². The minimum absolute atomic E-state index is 0.252. The number of nitrogens with zero attached hydrogens (tertiary/aromatic N) is 2. The molecule has 0 spiro atoms. The number of hydrogen-bond acceptors (Lipinski definition) is 4. The summed E-state index contributed by atoms with van der Waals surface area (Å²) in [5.74, 6) is 1.86. The number of hydrogen-bond donors (Lipinski definition) is 1. The maximum absolute atomic E-state index is 9.65. The Labute approximate surface area is 184 Å². The molecule has 0 saturated heterocycles. The smallest absolute Gasteiger partial charge is 0.153 e. The zero-order valence-electron chi connectivity index (χ0n) is 16.9. The highest BCUT2D eigenvalue weighted by molar-refractivity contribution is 7.22. The predicted octanol–water partition coefficient (Wildman–Crippen LogP) is 6.97. The fourth-order valence-corrected chi connectivity index (χ4v) is 4.53. The van der Waals surface area contributed by atoms with Crippen molar-refractivity contribution >= 4 is 33.6 Å². The van der Waals surface area contributed by atoms with Crippen LogP contribution in [0.1, 0.15) is 11.3 Å². The van der Waals surface area contributed by atoms with Crippen LogP contribution < -0.4 is 4.74 Å². The van der Waals surface area contributed by atoms with Crippen molar-refractivity contribution in [2.75, 3.05) is 0 Å². The van der Waals surface area contributed by atoms with Crippen molar-refractivity contribution in [1.82, 2.24) is 9.55 Å². The quantitative estimate of drug-likeness (QED) is 0.331. The van der Waals surface area contributed by atoms with E-state index in [1.165, 1.54) is 0 Å². The molecule has 3 aromatic carbocycles. The minimum Gasteiger partial charge on any atom is -0.508 e. The van der Waals surface area contributed by atoms with Gasteiger partial charge in [0.1, 0.15) is 11.5 Å². The number of aryl methyl sites for hydroxylation is 1. The molecule has 0 radical (unpaired) electrons. The molecule has 152 valence electrons. The summed E-state index contributed by atoms with van der Waals surface area (Å²) in [6, 6.07) is 23.5. The lowest BCUT2D eigenvalue weighted by Crippen LogP contribution is -1.86. The molecule has 0 aliphatic carbocycles. The van der Waals surface area contributed by atoms with Gasteiger partial charge in [-0.15, -0.1) is 11.3 Å². The largest absolute Gasteiger partial charge is 0.508 e. The second-order valence-electron chi connectivity index (χ2n) is 7.27. The number of fused-ring (bicyclic) bond motifs is 1. The molecule has 0 saturated carbocycles. The van der Waals surface area contributed by atoms with Gasteiger partial charge in [0.2, 0.25) is 0 Å². The molecule has 2 aromatic heterocycles. The zero-order valence-corrected chi connectivity index (χ0v) is 17.7. The lowest BCUT2D eigenvalue weighted by atomic mass is 10.1. The first kappa shape index (κ1) is 19.2. The highest BCUT2D eigenvalue weighted by atomic mass is 32.1. The summed E-state index contributed by atoms with van der Waals surface area (Å²) in [6.45, 7) is 0. The molecule has 5 aromatic rings. The van der Waals surface area contributed by atoms with Crippen molar-refractivity contribution in [3.05, 3.63) is 96.6 Å². The molecule has 0 amide bonds. The van der Waals surface area contributed by atoms with E-state index in [-0.39, 0.29) is 5.75 Å². The number of ether oxygens (including phenoxy) is 1. The Balaban J connectivity index is 1.45. The number of thiophene rings is 1. The Bertz CT molecular complexity index is 1360. The van der Waals surface area contributed by atoms with Crippen molar-refractivity contribution in [3.8, 4) is 27.7 Å². The third-order valence-electron chi connectivity index (χ3n) is 4.95. The summed E-state index contributed by atoms with van der Waals surface area (Å²) < 4.78 is 9.46. The van der Waals surface area contributed by atoms with Gasteiger partial charge < -0.3 is 14.4 Å². The molecule has 0 aliphatic heterocycles. The van der Waals surface area contributed by atoms with Gasteiger partial charge in [0, 0.05) is 23.3 Å². The van der Waals surface area contributed by atoms with Gasteiger partial charge in [-0.25, -0.2) is 4.98 Å². The summed E-state index contributed by atoms with van der Waals surface area (Å²) in [5, 5.41) is 10.7. The van der Waals surface area contributed by atoms with Crippen molar-refractivity contribution in [3.63, 3.8) is 0 Å². The fraction of sp³-hybridized carbons (Fsp3) is 0.0385. The van der Waals surface area contributed by atoms with Gasteiger partial charge in [-0.05, 0) is 65.7 Å². The molecule has 0 atom stereocenters. The maximum Gasteiger partial charge on any atom is 0.153 e. The first-order valence-electron chi connectivity index (χ1n) is 9.90. The third-order valence-corrected chi connectivity index (χ3v) is 6.15. The average Bonchev–Trinajstić information content (AvgIpc) is 3.37. The van der Waals surface area contributed by atoms with E-state index >= 15 is 0 Å². The molecule has 31 heavy (non-hydrogen) atoms. The van der Waals surface area contributed by atoms with Crippen LogP contribution in [0.2, 0.25) is 0 Å². The number of aromatic nitrogens is 2. The van der Waals surface area contributed by atoms with Gasteiger partial charge in [-0.2, -0.15) is 0 Å². The Kier molecular flexibility index (Phi) is 5.02. The van der Waals surface area contributed by atoms with Crippen LogP contribution in [-0.2, 0) is 7.05 Å². The van der Waals surface area contributed by atoms with Crippen LogP contribution in [0.3, 0.4) is 0 Å². The molecule has 5 heteroatoms. The Morgan fingerprint density at radius 1 is 0.935 bits per heavy atom. The van der Waals surface area contributed by atoms with Crippen LogP contribution in [0.4, 0.5) is 0 Å². The summed E-state index contributed by atoms with van der Waals surface area (Å²) >= 11 is 1.69. The van der Waals surface area contributed by atoms with E-state index in [0.29, 0.717) is 0 Å². The summed E-state index contributed by atoms with van der Waals surface area (Å²) in [4.78, 5) is 5.35. The molecule has 5 rings (SSSR count). The van der Waals surface area contributed by atoms with Gasteiger partial charge in [-0.3, -0.25) is 0 Å². The number of imidazole rings is 1. The lowest BCUT2D eigenvalue weighted by molar-refractivity contribution is 0.475. The first-order valence-corrected chi connectivity index (χ1v) is 10.7. The van der Waals surface area contributed by atoms with Crippen LogP contribution in [0, 0.1) is 0 Å². The van der Waals surface area contributed by atoms with Crippen LogP contribution in [0.5, 0.6) is 17.2 Å². The van der Waals surface area contributed by atoms with E-state index < -0.39 is 0 Å². The molecule has 4 nitrogen and oxygen atoms in total. The highest BCUT2D eigenvalue weighted by Crippen LogP contribution is 2.46. The van der Waals surface area contributed by atoms with Crippen LogP contribution in [-0.4, -0.2) is 14.7 Å². The van der Waals surface area contributed by atoms with Gasteiger partial charge >= 0.3 is 0 Å². The maximum atomic E-state index is 9.65. The van der Waals surface area contributed by atoms with Crippen molar-refractivity contribution in [2.24, 2.45) is 7.05 Å². The number of phenolic OH excluding ortho intramolecular Hbond substituents is 1. The summed E-state index contributed by atoms with van der Waals surface area (Å²) in [7, 11) is 1.96. The number of aromatic hydroxyl groups is 1. The summed E-state index contributed by atoms with van der Waals surface area (Å²) in [6.07, 6.45) is 7.78. The minimum atomic E-state index is 0.252. The molecule has 2 heterocycles. The second-order valence-corrected chi connectivity index (χ2v) is 8.32. The average molecular weight is 425 g/mol. The monoisotopic (exact) mass is 424 g/mol. The van der Waals surface area contributed by atoms with Crippen molar-refractivity contribution in [1.29, 1.82) is 0 Å². The molecule has 0 aliphatic rings. The lowest BCUT2D eigenvalue weighted by Gasteiger charge is -2.09. The predicted molar refractivity (Wildman–Crippen MR) is 128 cm³/mol. The van der Waals surface area contributed by atoms with E-state index in [2.05, 4.69) is 17.1 Å². The number of benzene rings is 3. The van der Waals surface area contributed by atoms with E-state index in [0.717, 1.165) is 43.3 Å². The van der Waals surface area contributed by atoms with Crippen LogP contribution >= 0.6 is 11.3 Å². The zero-order chi connectivity index (χ0) is 21.2. The molecular formula is C26H20N2O2S. The van der Waals surface area contributed by atoms with Crippen LogP contribution in [0.25, 0.3) is 32.7 Å². The molecule has 1 N–H and O–H groups in total. The molecular weight excluding hydrogens is 404 g/mol. The SMILES string of the molecule is Cn1cnc(/C=C/c2ccc(Oc3c(-c4ccc(O)cc4)sc4ccccc34)cc2)c1. The van der Waals surface area contributed by atoms with Gasteiger partial charge in [-0.1, -0.05) is 30.3 Å². The number of rotatable bonds is 5. The normalized spacial score (nSPS) is 11.4. The highest BCUT2D eigenvalue weighted by Gasteiger charge is 2.16. The summed E-state index contributed by atoms with van der Waals surface area (Å²) in [5.41, 5.74) is 3.02. The van der Waals surface area contributed by atoms with Gasteiger partial charge in [0.05, 0.1) is 16.9 Å².